The Morgan fingerprint density at radius 3 is 2.45 bits per heavy atom. The van der Waals surface area contributed by atoms with Gasteiger partial charge < -0.3 is 14.6 Å². The van der Waals surface area contributed by atoms with Crippen molar-refractivity contribution in [3.05, 3.63) is 54.3 Å². The molecular formula is C22H25Cl2N3O2. The van der Waals surface area contributed by atoms with Crippen LogP contribution in [0.4, 0.5) is 0 Å². The summed E-state index contributed by atoms with van der Waals surface area (Å²) in [5.41, 5.74) is 2.25. The summed E-state index contributed by atoms with van der Waals surface area (Å²) in [7, 11) is 0. The number of aromatic nitrogens is 1. The van der Waals surface area contributed by atoms with Crippen molar-refractivity contribution in [2.75, 3.05) is 26.2 Å². The van der Waals surface area contributed by atoms with E-state index in [1.54, 1.807) is 6.26 Å². The number of nitrogens with one attached hydrogen (secondary N) is 1. The lowest BCUT2D eigenvalue weighted by atomic mass is 9.92. The minimum absolute atomic E-state index is 0. The van der Waals surface area contributed by atoms with Gasteiger partial charge in [-0.3, -0.25) is 4.79 Å². The van der Waals surface area contributed by atoms with E-state index in [0.29, 0.717) is 23.3 Å². The average molecular weight is 434 g/mol. The van der Waals surface area contributed by atoms with Crippen molar-refractivity contribution in [2.24, 2.45) is 11.8 Å². The Morgan fingerprint density at radius 1 is 1.03 bits per heavy atom. The predicted molar refractivity (Wildman–Crippen MR) is 119 cm³/mol. The number of halogens is 2. The van der Waals surface area contributed by atoms with Crippen LogP contribution in [0, 0.1) is 11.8 Å². The van der Waals surface area contributed by atoms with Gasteiger partial charge in [-0.2, -0.15) is 0 Å². The van der Waals surface area contributed by atoms with Crippen molar-refractivity contribution in [2.45, 2.75) is 12.8 Å². The Bertz CT molecular complexity index is 963. The zero-order valence-electron chi connectivity index (χ0n) is 16.0. The summed E-state index contributed by atoms with van der Waals surface area (Å²) in [6, 6.07) is 13.5. The zero-order valence-corrected chi connectivity index (χ0v) is 17.7. The zero-order chi connectivity index (χ0) is 18.2. The van der Waals surface area contributed by atoms with E-state index in [2.05, 4.69) is 5.32 Å². The van der Waals surface area contributed by atoms with Crippen LogP contribution in [0.15, 0.2) is 53.1 Å². The number of amides is 1. The van der Waals surface area contributed by atoms with Gasteiger partial charge in [0.1, 0.15) is 5.69 Å². The lowest BCUT2D eigenvalue weighted by molar-refractivity contribution is 0.0760. The second-order valence-corrected chi connectivity index (χ2v) is 7.60. The molecule has 0 unspecified atom stereocenters. The number of likely N-dealkylation sites (tertiary alicyclic amines) is 1. The van der Waals surface area contributed by atoms with Crippen molar-refractivity contribution in [3.8, 4) is 11.5 Å². The highest BCUT2D eigenvalue weighted by atomic mass is 35.5. The smallest absolute Gasteiger partial charge is 0.254 e. The number of rotatable bonds is 2. The number of para-hydroxylation sites is 1. The van der Waals surface area contributed by atoms with Gasteiger partial charge in [-0.25, -0.2) is 4.98 Å². The lowest BCUT2D eigenvalue weighted by Gasteiger charge is -2.22. The van der Waals surface area contributed by atoms with E-state index >= 15 is 0 Å². The normalized spacial score (nSPS) is 21.0. The third-order valence-electron chi connectivity index (χ3n) is 6.03. The molecule has 5 rings (SSSR count). The van der Waals surface area contributed by atoms with Crippen LogP contribution in [0.25, 0.3) is 22.4 Å². The molecule has 2 aromatic heterocycles. The van der Waals surface area contributed by atoms with E-state index in [1.807, 2.05) is 47.4 Å². The topological polar surface area (TPSA) is 58.4 Å². The number of pyridine rings is 1. The van der Waals surface area contributed by atoms with Crippen LogP contribution < -0.4 is 5.32 Å². The van der Waals surface area contributed by atoms with E-state index < -0.39 is 0 Å². The monoisotopic (exact) mass is 433 g/mol. The molecule has 0 radical (unpaired) electrons. The van der Waals surface area contributed by atoms with Crippen LogP contribution in [-0.4, -0.2) is 42.0 Å². The van der Waals surface area contributed by atoms with Crippen LogP contribution in [-0.2, 0) is 0 Å². The third kappa shape index (κ3) is 4.13. The van der Waals surface area contributed by atoms with Gasteiger partial charge in [0.2, 0.25) is 0 Å². The van der Waals surface area contributed by atoms with Gasteiger partial charge in [0, 0.05) is 18.5 Å². The molecule has 154 valence electrons. The summed E-state index contributed by atoms with van der Waals surface area (Å²) in [4.78, 5) is 20.2. The summed E-state index contributed by atoms with van der Waals surface area (Å²) < 4.78 is 5.52. The number of hydrogen-bond acceptors (Lipinski definition) is 4. The number of carbonyl (C=O) groups excluding carboxylic acids is 1. The van der Waals surface area contributed by atoms with Gasteiger partial charge in [0.25, 0.3) is 5.91 Å². The quantitative estimate of drug-likeness (QED) is 0.649. The maximum atomic E-state index is 13.5. The molecule has 2 aliphatic rings. The van der Waals surface area contributed by atoms with E-state index in [4.69, 9.17) is 9.40 Å². The van der Waals surface area contributed by atoms with Crippen molar-refractivity contribution < 1.29 is 9.21 Å². The second-order valence-electron chi connectivity index (χ2n) is 7.60. The standard InChI is InChI=1S/C22H23N3O2.2ClH/c26-22(25-9-7-15-13-23-14-16(15)8-10-25)18-12-20(21-6-3-11-27-21)24-19-5-2-1-4-17(18)19;;/h1-6,11-12,15-16,23H,7-10,13-14H2;2*1H/t15-,16+;;. The first-order valence-corrected chi connectivity index (χ1v) is 9.73. The Labute approximate surface area is 182 Å². The molecule has 7 heteroatoms. The average Bonchev–Trinajstić information content (AvgIpc) is 3.36. The number of benzene rings is 1. The molecule has 1 amide bonds. The first-order chi connectivity index (χ1) is 13.3. The summed E-state index contributed by atoms with van der Waals surface area (Å²) in [6.07, 6.45) is 3.80. The number of nitrogens with zero attached hydrogens (tertiary/aromatic N) is 2. The molecule has 2 aliphatic heterocycles. The highest BCUT2D eigenvalue weighted by Gasteiger charge is 2.32. The predicted octanol–water partition coefficient (Wildman–Crippen LogP) is 4.41. The van der Waals surface area contributed by atoms with Gasteiger partial charge in [0.05, 0.1) is 17.3 Å². The molecular weight excluding hydrogens is 409 g/mol. The molecule has 0 aliphatic carbocycles. The van der Waals surface area contributed by atoms with Gasteiger partial charge >= 0.3 is 0 Å². The highest BCUT2D eigenvalue weighted by molar-refractivity contribution is 6.07. The van der Waals surface area contributed by atoms with Crippen LogP contribution in [0.2, 0.25) is 0 Å². The van der Waals surface area contributed by atoms with Crippen molar-refractivity contribution >= 4 is 41.6 Å². The molecule has 1 N–H and O–H groups in total. The molecule has 29 heavy (non-hydrogen) atoms. The molecule has 1 aromatic carbocycles. The molecule has 2 fully saturated rings. The number of fused-ring (bicyclic) bond motifs is 2. The minimum atomic E-state index is 0. The fourth-order valence-electron chi connectivity index (χ4n) is 4.49. The molecule has 2 saturated heterocycles. The van der Waals surface area contributed by atoms with Crippen molar-refractivity contribution in [3.63, 3.8) is 0 Å². The van der Waals surface area contributed by atoms with Crippen LogP contribution >= 0.6 is 24.8 Å². The third-order valence-corrected chi connectivity index (χ3v) is 6.03. The fraction of sp³-hybridized carbons (Fsp3) is 0.364. The number of hydrogen-bond donors (Lipinski definition) is 1. The molecule has 3 aromatic rings. The summed E-state index contributed by atoms with van der Waals surface area (Å²) in [5.74, 6) is 2.20. The van der Waals surface area contributed by atoms with E-state index in [9.17, 15) is 4.79 Å². The highest BCUT2D eigenvalue weighted by Crippen LogP contribution is 2.30. The fourth-order valence-corrected chi connectivity index (χ4v) is 4.49. The first kappa shape index (κ1) is 21.6. The van der Waals surface area contributed by atoms with E-state index in [1.165, 1.54) is 0 Å². The summed E-state index contributed by atoms with van der Waals surface area (Å²) >= 11 is 0. The van der Waals surface area contributed by atoms with E-state index in [-0.39, 0.29) is 30.7 Å². The van der Waals surface area contributed by atoms with Crippen LogP contribution in [0.1, 0.15) is 23.2 Å². The SMILES string of the molecule is Cl.Cl.O=C(c1cc(-c2ccco2)nc2ccccc12)N1CC[C@@H]2CNC[C@@H]2CC1. The Hall–Kier alpha value is -2.08. The Kier molecular flexibility index (Phi) is 6.83. The molecule has 0 spiro atoms. The van der Waals surface area contributed by atoms with Gasteiger partial charge in [-0.15, -0.1) is 24.8 Å². The minimum Gasteiger partial charge on any atom is -0.463 e. The maximum Gasteiger partial charge on any atom is 0.254 e. The van der Waals surface area contributed by atoms with Crippen LogP contribution in [0.5, 0.6) is 0 Å². The van der Waals surface area contributed by atoms with Gasteiger partial charge in [0.15, 0.2) is 5.76 Å². The molecule has 4 heterocycles. The maximum absolute atomic E-state index is 13.5. The van der Waals surface area contributed by atoms with Gasteiger partial charge in [-0.1, -0.05) is 18.2 Å². The summed E-state index contributed by atoms with van der Waals surface area (Å²) in [6.45, 7) is 3.84. The number of furan rings is 1. The molecule has 2 atom stereocenters. The lowest BCUT2D eigenvalue weighted by Crippen LogP contribution is -2.33. The van der Waals surface area contributed by atoms with Crippen molar-refractivity contribution in [1.82, 2.24) is 15.2 Å². The molecule has 0 saturated carbocycles. The Morgan fingerprint density at radius 2 is 1.76 bits per heavy atom. The van der Waals surface area contributed by atoms with Crippen LogP contribution in [0.3, 0.4) is 0 Å². The molecule has 0 bridgehead atoms. The summed E-state index contributed by atoms with van der Waals surface area (Å²) in [5, 5.41) is 4.40. The van der Waals surface area contributed by atoms with Gasteiger partial charge in [-0.05, 0) is 62.0 Å². The van der Waals surface area contributed by atoms with E-state index in [0.717, 1.165) is 55.5 Å². The molecule has 5 nitrogen and oxygen atoms in total. The Balaban J connectivity index is 0.00000120. The largest absolute Gasteiger partial charge is 0.463 e. The first-order valence-electron chi connectivity index (χ1n) is 9.73. The second kappa shape index (κ2) is 9.16. The van der Waals surface area contributed by atoms with Crippen molar-refractivity contribution in [1.29, 1.82) is 0 Å². The number of carbonyl (C=O) groups is 1.